The molecule has 0 bridgehead atoms. The van der Waals surface area contributed by atoms with Gasteiger partial charge in [0.05, 0.1) is 0 Å². The van der Waals surface area contributed by atoms with Crippen LogP contribution in [-0.4, -0.2) is 4.98 Å². The first-order valence-electron chi connectivity index (χ1n) is 4.48. The molecule has 2 nitrogen and oxygen atoms in total. The number of hydrogen-bond donors (Lipinski definition) is 1. The van der Waals surface area contributed by atoms with Crippen LogP contribution in [-0.2, 0) is 19.4 Å². The number of nitrogens with two attached hydrogens (primary N) is 1. The van der Waals surface area contributed by atoms with E-state index in [2.05, 4.69) is 24.9 Å². The molecule has 1 rings (SSSR count). The first-order chi connectivity index (χ1) is 5.81. The Morgan fingerprint density at radius 2 is 2.00 bits per heavy atom. The lowest BCUT2D eigenvalue weighted by atomic mass is 10.1. The van der Waals surface area contributed by atoms with E-state index in [-0.39, 0.29) is 0 Å². The molecule has 0 aliphatic heterocycles. The maximum absolute atomic E-state index is 5.58. The summed E-state index contributed by atoms with van der Waals surface area (Å²) in [5.74, 6) is 0. The fraction of sp³-hybridized carbons (Fsp3) is 0.500. The van der Waals surface area contributed by atoms with E-state index in [4.69, 9.17) is 5.73 Å². The molecule has 0 saturated carbocycles. The molecule has 12 heavy (non-hydrogen) atoms. The number of pyridine rings is 1. The molecule has 2 heteroatoms. The van der Waals surface area contributed by atoms with Crippen LogP contribution in [0.15, 0.2) is 12.3 Å². The van der Waals surface area contributed by atoms with Gasteiger partial charge in [-0.3, -0.25) is 4.98 Å². The monoisotopic (exact) mass is 164 g/mol. The van der Waals surface area contributed by atoms with Crippen LogP contribution in [0.4, 0.5) is 0 Å². The molecule has 0 fully saturated rings. The fourth-order valence-corrected chi connectivity index (χ4v) is 1.28. The van der Waals surface area contributed by atoms with Gasteiger partial charge < -0.3 is 5.73 Å². The summed E-state index contributed by atoms with van der Waals surface area (Å²) in [7, 11) is 0. The number of rotatable bonds is 3. The normalized spacial score (nSPS) is 10.2. The second kappa shape index (κ2) is 4.21. The van der Waals surface area contributed by atoms with Gasteiger partial charge in [-0.05, 0) is 30.0 Å². The summed E-state index contributed by atoms with van der Waals surface area (Å²) in [5, 5.41) is 0. The lowest BCUT2D eigenvalue weighted by molar-refractivity contribution is 0.941. The number of nitrogens with zero attached hydrogens (tertiary/aromatic N) is 1. The van der Waals surface area contributed by atoms with Crippen molar-refractivity contribution in [1.82, 2.24) is 4.98 Å². The fourth-order valence-electron chi connectivity index (χ4n) is 1.28. The maximum atomic E-state index is 5.58. The molecule has 0 saturated heterocycles. The Labute approximate surface area is 73.8 Å². The number of hydrogen-bond acceptors (Lipinski definition) is 2. The summed E-state index contributed by atoms with van der Waals surface area (Å²) in [6.07, 6.45) is 3.94. The standard InChI is InChI=1S/C10H16N2/c1-3-8-5-10(4-2)12-7-9(8)6-11/h5,7H,3-4,6,11H2,1-2H3. The minimum absolute atomic E-state index is 0.597. The minimum Gasteiger partial charge on any atom is -0.326 e. The van der Waals surface area contributed by atoms with Gasteiger partial charge in [0.25, 0.3) is 0 Å². The molecule has 0 unspecified atom stereocenters. The van der Waals surface area contributed by atoms with Crippen LogP contribution in [0.5, 0.6) is 0 Å². The highest BCUT2D eigenvalue weighted by atomic mass is 14.7. The van der Waals surface area contributed by atoms with Crippen molar-refractivity contribution in [2.75, 3.05) is 0 Å². The van der Waals surface area contributed by atoms with E-state index >= 15 is 0 Å². The molecule has 2 N–H and O–H groups in total. The van der Waals surface area contributed by atoms with Crippen molar-refractivity contribution in [2.24, 2.45) is 5.73 Å². The first kappa shape index (κ1) is 9.20. The van der Waals surface area contributed by atoms with Crippen molar-refractivity contribution >= 4 is 0 Å². The minimum atomic E-state index is 0.597. The molecule has 66 valence electrons. The average Bonchev–Trinajstić information content (AvgIpc) is 2.16. The molecule has 0 atom stereocenters. The van der Waals surface area contributed by atoms with Crippen molar-refractivity contribution in [3.63, 3.8) is 0 Å². The Kier molecular flexibility index (Phi) is 3.23. The quantitative estimate of drug-likeness (QED) is 0.738. The highest BCUT2D eigenvalue weighted by molar-refractivity contribution is 5.26. The zero-order valence-corrected chi connectivity index (χ0v) is 7.80. The highest BCUT2D eigenvalue weighted by Crippen LogP contribution is 2.09. The van der Waals surface area contributed by atoms with Gasteiger partial charge in [-0.1, -0.05) is 13.8 Å². The summed E-state index contributed by atoms with van der Waals surface area (Å²) in [4.78, 5) is 4.30. The van der Waals surface area contributed by atoms with Crippen LogP contribution in [0.3, 0.4) is 0 Å². The molecule has 1 heterocycles. The van der Waals surface area contributed by atoms with E-state index in [1.54, 1.807) is 0 Å². The van der Waals surface area contributed by atoms with E-state index in [9.17, 15) is 0 Å². The Morgan fingerprint density at radius 1 is 1.25 bits per heavy atom. The number of aryl methyl sites for hydroxylation is 2. The van der Waals surface area contributed by atoms with Crippen molar-refractivity contribution < 1.29 is 0 Å². The Bertz CT molecular complexity index is 256. The third-order valence-corrected chi connectivity index (χ3v) is 2.10. The summed E-state index contributed by atoms with van der Waals surface area (Å²) >= 11 is 0. The summed E-state index contributed by atoms with van der Waals surface area (Å²) in [6.45, 7) is 4.86. The second-order valence-corrected chi connectivity index (χ2v) is 2.86. The lowest BCUT2D eigenvalue weighted by Crippen LogP contribution is -2.03. The van der Waals surface area contributed by atoms with E-state index in [0.29, 0.717) is 6.54 Å². The van der Waals surface area contributed by atoms with Gasteiger partial charge in [0.1, 0.15) is 0 Å². The van der Waals surface area contributed by atoms with Crippen LogP contribution in [0, 0.1) is 0 Å². The van der Waals surface area contributed by atoms with Crippen molar-refractivity contribution in [3.05, 3.63) is 29.1 Å². The molecular formula is C10H16N2. The van der Waals surface area contributed by atoms with Gasteiger partial charge in [-0.15, -0.1) is 0 Å². The Hall–Kier alpha value is -0.890. The summed E-state index contributed by atoms with van der Waals surface area (Å²) in [6, 6.07) is 2.15. The van der Waals surface area contributed by atoms with Gasteiger partial charge in [-0.25, -0.2) is 0 Å². The third kappa shape index (κ3) is 1.83. The molecule has 0 aliphatic carbocycles. The van der Waals surface area contributed by atoms with Gasteiger partial charge in [0.2, 0.25) is 0 Å². The van der Waals surface area contributed by atoms with E-state index < -0.39 is 0 Å². The highest BCUT2D eigenvalue weighted by Gasteiger charge is 2.00. The van der Waals surface area contributed by atoms with Crippen LogP contribution in [0.25, 0.3) is 0 Å². The van der Waals surface area contributed by atoms with Crippen molar-refractivity contribution in [1.29, 1.82) is 0 Å². The zero-order valence-electron chi connectivity index (χ0n) is 7.80. The second-order valence-electron chi connectivity index (χ2n) is 2.86. The molecule has 1 aromatic heterocycles. The van der Waals surface area contributed by atoms with Crippen LogP contribution in [0.1, 0.15) is 30.7 Å². The molecule has 0 aromatic carbocycles. The largest absolute Gasteiger partial charge is 0.326 e. The molecule has 0 radical (unpaired) electrons. The SMILES string of the molecule is CCc1cc(CC)c(CN)cn1. The zero-order chi connectivity index (χ0) is 8.97. The Morgan fingerprint density at radius 3 is 2.50 bits per heavy atom. The molecular weight excluding hydrogens is 148 g/mol. The van der Waals surface area contributed by atoms with E-state index in [1.807, 2.05) is 6.20 Å². The Balaban J connectivity index is 3.02. The summed E-state index contributed by atoms with van der Waals surface area (Å²) in [5.41, 5.74) is 9.25. The van der Waals surface area contributed by atoms with Gasteiger partial charge in [0.15, 0.2) is 0 Å². The van der Waals surface area contributed by atoms with E-state index in [1.165, 1.54) is 11.1 Å². The van der Waals surface area contributed by atoms with Gasteiger partial charge in [-0.2, -0.15) is 0 Å². The van der Waals surface area contributed by atoms with Crippen LogP contribution >= 0.6 is 0 Å². The van der Waals surface area contributed by atoms with Gasteiger partial charge in [0, 0.05) is 18.4 Å². The predicted molar refractivity (Wildman–Crippen MR) is 50.9 cm³/mol. The van der Waals surface area contributed by atoms with Gasteiger partial charge >= 0.3 is 0 Å². The average molecular weight is 164 g/mol. The predicted octanol–water partition coefficient (Wildman–Crippen LogP) is 1.67. The first-order valence-corrected chi connectivity index (χ1v) is 4.48. The van der Waals surface area contributed by atoms with Crippen molar-refractivity contribution in [2.45, 2.75) is 33.2 Å². The van der Waals surface area contributed by atoms with Crippen LogP contribution < -0.4 is 5.73 Å². The number of aromatic nitrogens is 1. The van der Waals surface area contributed by atoms with Crippen LogP contribution in [0.2, 0.25) is 0 Å². The molecule has 0 aliphatic rings. The summed E-state index contributed by atoms with van der Waals surface area (Å²) < 4.78 is 0. The molecule has 1 aromatic rings. The third-order valence-electron chi connectivity index (χ3n) is 2.10. The topological polar surface area (TPSA) is 38.9 Å². The van der Waals surface area contributed by atoms with E-state index in [0.717, 1.165) is 18.5 Å². The molecule has 0 amide bonds. The molecule has 0 spiro atoms. The smallest absolute Gasteiger partial charge is 0.0403 e. The maximum Gasteiger partial charge on any atom is 0.0403 e. The lowest BCUT2D eigenvalue weighted by Gasteiger charge is -2.06. The van der Waals surface area contributed by atoms with Crippen molar-refractivity contribution in [3.8, 4) is 0 Å².